The lowest BCUT2D eigenvalue weighted by Gasteiger charge is -2.30. The summed E-state index contributed by atoms with van der Waals surface area (Å²) in [6.07, 6.45) is 9.30. The van der Waals surface area contributed by atoms with Crippen LogP contribution in [0.15, 0.2) is 55.7 Å². The molecule has 0 spiro atoms. The molecule has 2 rings (SSSR count). The molecule has 0 saturated carbocycles. The van der Waals surface area contributed by atoms with Crippen molar-refractivity contribution >= 4 is 6.08 Å². The number of hydrogen-bond acceptors (Lipinski definition) is 0. The maximum Gasteiger partial charge on any atom is 0.0347 e. The first kappa shape index (κ1) is 12.5. The molecule has 1 aromatic carbocycles. The number of fused-ring (bicyclic) bond motifs is 1. The normalized spacial score (nSPS) is 15.4. The molecule has 0 radical (unpaired) electrons. The minimum atomic E-state index is -0.0641. The molecule has 0 unspecified atom stereocenters. The van der Waals surface area contributed by atoms with Gasteiger partial charge in [0.15, 0.2) is 0 Å². The van der Waals surface area contributed by atoms with Crippen LogP contribution in [0.2, 0.25) is 0 Å². The molecule has 0 aliphatic heterocycles. The van der Waals surface area contributed by atoms with Gasteiger partial charge in [0.25, 0.3) is 0 Å². The van der Waals surface area contributed by atoms with E-state index in [-0.39, 0.29) is 5.41 Å². The lowest BCUT2D eigenvalue weighted by Crippen LogP contribution is -2.22. The molecule has 84 valence electrons. The van der Waals surface area contributed by atoms with E-state index in [1.807, 2.05) is 26.0 Å². The zero-order chi connectivity index (χ0) is 12.0. The fraction of sp³-hybridized carbons (Fsp3) is 0.250. The molecule has 1 aliphatic carbocycles. The Morgan fingerprint density at radius 2 is 1.75 bits per heavy atom. The summed E-state index contributed by atoms with van der Waals surface area (Å²) in [5.74, 6) is 0. The van der Waals surface area contributed by atoms with Crippen molar-refractivity contribution in [3.63, 3.8) is 0 Å². The fourth-order valence-electron chi connectivity index (χ4n) is 2.03. The summed E-state index contributed by atoms with van der Waals surface area (Å²) in [4.78, 5) is 0. The second kappa shape index (κ2) is 5.50. The summed E-state index contributed by atoms with van der Waals surface area (Å²) in [6, 6.07) is 8.42. The summed E-state index contributed by atoms with van der Waals surface area (Å²) in [7, 11) is 0. The van der Waals surface area contributed by atoms with Crippen molar-refractivity contribution in [1.82, 2.24) is 0 Å². The summed E-state index contributed by atoms with van der Waals surface area (Å²) in [5.41, 5.74) is 2.52. The molecule has 16 heavy (non-hydrogen) atoms. The second-order valence-electron chi connectivity index (χ2n) is 3.64. The molecule has 0 aromatic heterocycles. The Hall–Kier alpha value is -1.56. The number of benzene rings is 1. The van der Waals surface area contributed by atoms with E-state index in [1.165, 1.54) is 11.1 Å². The van der Waals surface area contributed by atoms with Crippen LogP contribution in [0.3, 0.4) is 0 Å². The first-order valence-corrected chi connectivity index (χ1v) is 5.86. The van der Waals surface area contributed by atoms with Gasteiger partial charge in [-0.15, -0.1) is 13.2 Å². The molecule has 1 aliphatic rings. The van der Waals surface area contributed by atoms with Crippen LogP contribution in [0.4, 0.5) is 0 Å². The van der Waals surface area contributed by atoms with Crippen LogP contribution in [-0.2, 0) is 5.41 Å². The van der Waals surface area contributed by atoms with E-state index >= 15 is 0 Å². The van der Waals surface area contributed by atoms with Crippen molar-refractivity contribution in [2.45, 2.75) is 25.7 Å². The smallest absolute Gasteiger partial charge is 0.0347 e. The summed E-state index contributed by atoms with van der Waals surface area (Å²) in [6.45, 7) is 11.8. The lowest BCUT2D eigenvalue weighted by atomic mass is 9.73. The van der Waals surface area contributed by atoms with E-state index in [1.54, 1.807) is 0 Å². The molecule has 0 atom stereocenters. The highest BCUT2D eigenvalue weighted by molar-refractivity contribution is 5.62. The first-order valence-electron chi connectivity index (χ1n) is 5.86. The van der Waals surface area contributed by atoms with Gasteiger partial charge in [-0.25, -0.2) is 0 Å². The first-order chi connectivity index (χ1) is 7.82. The van der Waals surface area contributed by atoms with Crippen molar-refractivity contribution in [2.75, 3.05) is 0 Å². The lowest BCUT2D eigenvalue weighted by molar-refractivity contribution is 0.678. The molecule has 0 heterocycles. The van der Waals surface area contributed by atoms with Gasteiger partial charge in [-0.1, -0.05) is 62.4 Å². The van der Waals surface area contributed by atoms with Gasteiger partial charge in [0.05, 0.1) is 0 Å². The van der Waals surface area contributed by atoms with Crippen molar-refractivity contribution in [2.24, 2.45) is 0 Å². The zero-order valence-corrected chi connectivity index (χ0v) is 10.2. The van der Waals surface area contributed by atoms with Gasteiger partial charge in [0.1, 0.15) is 0 Å². The maximum absolute atomic E-state index is 3.92. The van der Waals surface area contributed by atoms with Crippen LogP contribution in [0, 0.1) is 0 Å². The number of allylic oxidation sites excluding steroid dienone is 3. The average Bonchev–Trinajstić information content (AvgIpc) is 2.40. The van der Waals surface area contributed by atoms with Crippen molar-refractivity contribution in [1.29, 1.82) is 0 Å². The van der Waals surface area contributed by atoms with Gasteiger partial charge < -0.3 is 0 Å². The van der Waals surface area contributed by atoms with Crippen LogP contribution in [0.5, 0.6) is 0 Å². The zero-order valence-electron chi connectivity index (χ0n) is 10.2. The summed E-state index contributed by atoms with van der Waals surface area (Å²) < 4.78 is 0. The van der Waals surface area contributed by atoms with Gasteiger partial charge in [-0.2, -0.15) is 0 Å². The molecule has 0 bridgehead atoms. The standard InChI is InChI=1S/C14H14.C2H6/c1-3-14(4-2)11-7-9-12-8-5-6-10-13(12)14;1-2/h3-10H,1-2,11H2;1-2H3. The Labute approximate surface area is 99.0 Å². The summed E-state index contributed by atoms with van der Waals surface area (Å²) >= 11 is 0. The van der Waals surface area contributed by atoms with E-state index in [4.69, 9.17) is 0 Å². The third kappa shape index (κ3) is 2.01. The second-order valence-corrected chi connectivity index (χ2v) is 3.64. The fourth-order valence-corrected chi connectivity index (χ4v) is 2.03. The largest absolute Gasteiger partial charge is 0.102 e. The molecule has 0 amide bonds. The quantitative estimate of drug-likeness (QED) is 0.621. The van der Waals surface area contributed by atoms with Crippen LogP contribution in [0.25, 0.3) is 6.08 Å². The van der Waals surface area contributed by atoms with Crippen LogP contribution < -0.4 is 0 Å². The molecule has 0 saturated heterocycles. The van der Waals surface area contributed by atoms with E-state index in [9.17, 15) is 0 Å². The minimum Gasteiger partial charge on any atom is -0.102 e. The highest BCUT2D eigenvalue weighted by Gasteiger charge is 2.27. The molecule has 0 N–H and O–H groups in total. The highest BCUT2D eigenvalue weighted by atomic mass is 14.3. The van der Waals surface area contributed by atoms with Crippen LogP contribution in [0.1, 0.15) is 31.4 Å². The Balaban J connectivity index is 0.000000606. The molecule has 1 aromatic rings. The predicted octanol–water partition coefficient (Wildman–Crippen LogP) is 4.74. The Bertz CT molecular complexity index is 388. The Morgan fingerprint density at radius 1 is 1.12 bits per heavy atom. The van der Waals surface area contributed by atoms with Crippen molar-refractivity contribution in [3.05, 3.63) is 66.8 Å². The topological polar surface area (TPSA) is 0 Å². The SMILES string of the molecule is C=CC1(C=C)CC=Cc2ccccc21.CC. The molecule has 0 nitrogen and oxygen atoms in total. The van der Waals surface area contributed by atoms with E-state index in [2.05, 4.69) is 49.6 Å². The minimum absolute atomic E-state index is 0.0641. The van der Waals surface area contributed by atoms with Gasteiger partial charge in [-0.3, -0.25) is 0 Å². The van der Waals surface area contributed by atoms with Gasteiger partial charge >= 0.3 is 0 Å². The highest BCUT2D eigenvalue weighted by Crippen LogP contribution is 2.37. The van der Waals surface area contributed by atoms with E-state index in [0.29, 0.717) is 0 Å². The van der Waals surface area contributed by atoms with Crippen molar-refractivity contribution < 1.29 is 0 Å². The Kier molecular flexibility index (Phi) is 4.30. The molecule has 0 heteroatoms. The maximum atomic E-state index is 3.92. The van der Waals surface area contributed by atoms with Gasteiger partial charge in [0, 0.05) is 5.41 Å². The van der Waals surface area contributed by atoms with Crippen LogP contribution in [-0.4, -0.2) is 0 Å². The third-order valence-corrected chi connectivity index (χ3v) is 2.94. The van der Waals surface area contributed by atoms with Gasteiger partial charge in [-0.05, 0) is 17.5 Å². The third-order valence-electron chi connectivity index (χ3n) is 2.94. The predicted molar refractivity (Wildman–Crippen MR) is 73.5 cm³/mol. The van der Waals surface area contributed by atoms with Crippen LogP contribution >= 0.6 is 0 Å². The molecule has 0 fully saturated rings. The number of hydrogen-bond donors (Lipinski definition) is 0. The Morgan fingerprint density at radius 3 is 2.38 bits per heavy atom. The van der Waals surface area contributed by atoms with Gasteiger partial charge in [0.2, 0.25) is 0 Å². The monoisotopic (exact) mass is 212 g/mol. The molecular formula is C16H20. The molecular weight excluding hydrogens is 192 g/mol. The summed E-state index contributed by atoms with van der Waals surface area (Å²) in [5, 5.41) is 0. The average molecular weight is 212 g/mol. The van der Waals surface area contributed by atoms with E-state index < -0.39 is 0 Å². The van der Waals surface area contributed by atoms with E-state index in [0.717, 1.165) is 6.42 Å². The number of rotatable bonds is 2. The van der Waals surface area contributed by atoms with Crippen molar-refractivity contribution in [3.8, 4) is 0 Å².